The van der Waals surface area contributed by atoms with E-state index >= 15 is 0 Å². The van der Waals surface area contributed by atoms with Crippen LogP contribution < -0.4 is 5.32 Å². The van der Waals surface area contributed by atoms with Gasteiger partial charge in [0.15, 0.2) is 0 Å². The van der Waals surface area contributed by atoms with E-state index in [1.54, 1.807) is 10.9 Å². The van der Waals surface area contributed by atoms with Gasteiger partial charge in [-0.25, -0.2) is 0 Å². The Morgan fingerprint density at radius 3 is 2.86 bits per heavy atom. The molecule has 6 heteroatoms. The molecule has 3 rings (SSSR count). The molecule has 0 saturated heterocycles. The third-order valence-electron chi connectivity index (χ3n) is 3.23. The van der Waals surface area contributed by atoms with Crippen LogP contribution in [0.3, 0.4) is 0 Å². The van der Waals surface area contributed by atoms with Crippen molar-refractivity contribution >= 4 is 5.69 Å². The van der Waals surface area contributed by atoms with Crippen LogP contribution in [0, 0.1) is 0 Å². The second-order valence-corrected chi connectivity index (χ2v) is 4.71. The Kier molecular flexibility index (Phi) is 3.97. The topological polar surface area (TPSA) is 78.8 Å². The van der Waals surface area contributed by atoms with Gasteiger partial charge >= 0.3 is 0 Å². The van der Waals surface area contributed by atoms with E-state index < -0.39 is 0 Å². The largest absolute Gasteiger partial charge is 0.394 e. The monoisotopic (exact) mass is 283 g/mol. The summed E-state index contributed by atoms with van der Waals surface area (Å²) in [6.45, 7) is 1.25. The molecule has 0 unspecified atom stereocenters. The highest BCUT2D eigenvalue weighted by Gasteiger charge is 2.07. The van der Waals surface area contributed by atoms with Gasteiger partial charge in [0.2, 0.25) is 0 Å². The van der Waals surface area contributed by atoms with Gasteiger partial charge in [-0.05, 0) is 5.56 Å². The van der Waals surface area contributed by atoms with Crippen molar-refractivity contribution in [2.45, 2.75) is 13.1 Å². The first-order valence-corrected chi connectivity index (χ1v) is 6.81. The minimum absolute atomic E-state index is 0.0843. The molecule has 0 atom stereocenters. The Morgan fingerprint density at radius 1 is 1.19 bits per heavy atom. The van der Waals surface area contributed by atoms with Crippen molar-refractivity contribution < 1.29 is 5.11 Å². The number of benzene rings is 1. The zero-order valence-corrected chi connectivity index (χ0v) is 11.5. The van der Waals surface area contributed by atoms with Gasteiger partial charge in [-0.15, -0.1) is 0 Å². The highest BCUT2D eigenvalue weighted by Crippen LogP contribution is 2.21. The predicted molar refractivity (Wildman–Crippen MR) is 80.7 cm³/mol. The summed E-state index contributed by atoms with van der Waals surface area (Å²) in [5.41, 5.74) is 4.15. The van der Waals surface area contributed by atoms with Crippen molar-refractivity contribution in [3.8, 4) is 11.3 Å². The van der Waals surface area contributed by atoms with E-state index in [0.717, 1.165) is 22.5 Å². The van der Waals surface area contributed by atoms with Crippen molar-refractivity contribution in [2.75, 3.05) is 11.9 Å². The lowest BCUT2D eigenvalue weighted by Gasteiger charge is -2.05. The fraction of sp³-hybridized carbons (Fsp3) is 0.200. The summed E-state index contributed by atoms with van der Waals surface area (Å²) in [7, 11) is 0. The summed E-state index contributed by atoms with van der Waals surface area (Å²) < 4.78 is 1.70. The predicted octanol–water partition coefficient (Wildman–Crippen LogP) is 1.88. The van der Waals surface area contributed by atoms with Crippen molar-refractivity contribution in [3.63, 3.8) is 0 Å². The van der Waals surface area contributed by atoms with E-state index in [9.17, 15) is 0 Å². The molecule has 0 bridgehead atoms. The van der Waals surface area contributed by atoms with Crippen molar-refractivity contribution in [1.82, 2.24) is 20.0 Å². The van der Waals surface area contributed by atoms with Gasteiger partial charge in [0.25, 0.3) is 0 Å². The van der Waals surface area contributed by atoms with Crippen LogP contribution in [0.15, 0.2) is 48.9 Å². The minimum atomic E-state index is 0.0843. The Hall–Kier alpha value is -2.60. The number of aliphatic hydroxyl groups is 1. The Bertz CT molecular complexity index is 689. The van der Waals surface area contributed by atoms with E-state index in [-0.39, 0.29) is 6.61 Å². The first-order chi connectivity index (χ1) is 10.4. The maximum atomic E-state index is 8.88. The molecule has 0 spiro atoms. The molecule has 1 aromatic carbocycles. The number of hydrogen-bond acceptors (Lipinski definition) is 4. The third-order valence-corrected chi connectivity index (χ3v) is 3.23. The molecule has 21 heavy (non-hydrogen) atoms. The normalized spacial score (nSPS) is 10.7. The van der Waals surface area contributed by atoms with Crippen LogP contribution in [0.2, 0.25) is 0 Å². The molecule has 108 valence electrons. The highest BCUT2D eigenvalue weighted by atomic mass is 16.3. The molecule has 2 heterocycles. The van der Waals surface area contributed by atoms with Crippen LogP contribution in [0.4, 0.5) is 5.69 Å². The van der Waals surface area contributed by atoms with Crippen molar-refractivity contribution in [2.24, 2.45) is 0 Å². The first kappa shape index (κ1) is 13.4. The molecule has 3 N–H and O–H groups in total. The summed E-state index contributed by atoms with van der Waals surface area (Å²) in [5.74, 6) is 0. The molecule has 0 aliphatic rings. The van der Waals surface area contributed by atoms with Crippen molar-refractivity contribution in [3.05, 3.63) is 54.5 Å². The van der Waals surface area contributed by atoms with E-state index in [1.807, 2.05) is 30.6 Å². The van der Waals surface area contributed by atoms with Gasteiger partial charge in [-0.3, -0.25) is 9.78 Å². The zero-order valence-electron chi connectivity index (χ0n) is 11.5. The molecule has 0 radical (unpaired) electrons. The number of rotatable bonds is 6. The van der Waals surface area contributed by atoms with E-state index in [2.05, 4.69) is 32.7 Å². The number of nitrogens with zero attached hydrogens (tertiary/aromatic N) is 3. The lowest BCUT2D eigenvalue weighted by Crippen LogP contribution is -2.02. The number of anilines is 1. The number of H-pyrrole nitrogens is 1. The summed E-state index contributed by atoms with van der Waals surface area (Å²) in [5, 5.41) is 23.5. The molecule has 0 amide bonds. The summed E-state index contributed by atoms with van der Waals surface area (Å²) in [6.07, 6.45) is 5.45. The maximum Gasteiger partial charge on any atom is 0.0729 e. The molecule has 3 aromatic rings. The van der Waals surface area contributed by atoms with Gasteiger partial charge in [0.1, 0.15) is 0 Å². The first-order valence-electron chi connectivity index (χ1n) is 6.81. The quantitative estimate of drug-likeness (QED) is 0.645. The zero-order chi connectivity index (χ0) is 14.5. The smallest absolute Gasteiger partial charge is 0.0729 e. The second kappa shape index (κ2) is 6.23. The lowest BCUT2D eigenvalue weighted by atomic mass is 10.1. The Balaban J connectivity index is 1.70. The van der Waals surface area contributed by atoms with Crippen LogP contribution in [-0.2, 0) is 13.1 Å². The van der Waals surface area contributed by atoms with E-state index in [4.69, 9.17) is 5.11 Å². The molecule has 0 aliphatic carbocycles. The fourth-order valence-corrected chi connectivity index (χ4v) is 2.18. The van der Waals surface area contributed by atoms with Gasteiger partial charge < -0.3 is 10.4 Å². The number of aromatic nitrogens is 4. The minimum Gasteiger partial charge on any atom is -0.394 e. The fourth-order valence-electron chi connectivity index (χ4n) is 2.18. The average molecular weight is 283 g/mol. The molecule has 0 fully saturated rings. The van der Waals surface area contributed by atoms with Gasteiger partial charge in [0.05, 0.1) is 36.9 Å². The molecule has 0 saturated carbocycles. The van der Waals surface area contributed by atoms with Crippen LogP contribution in [0.25, 0.3) is 11.3 Å². The number of hydrogen-bond donors (Lipinski definition) is 3. The molecular formula is C15H17N5O. The summed E-state index contributed by atoms with van der Waals surface area (Å²) in [4.78, 5) is 0. The van der Waals surface area contributed by atoms with Crippen LogP contribution in [-0.4, -0.2) is 31.7 Å². The second-order valence-electron chi connectivity index (χ2n) is 4.71. The summed E-state index contributed by atoms with van der Waals surface area (Å²) in [6, 6.07) is 10.1. The van der Waals surface area contributed by atoms with E-state index in [1.165, 1.54) is 0 Å². The third kappa shape index (κ3) is 3.11. The van der Waals surface area contributed by atoms with Gasteiger partial charge in [-0.2, -0.15) is 10.2 Å². The van der Waals surface area contributed by atoms with E-state index in [0.29, 0.717) is 13.1 Å². The van der Waals surface area contributed by atoms with Gasteiger partial charge in [0, 0.05) is 18.3 Å². The lowest BCUT2D eigenvalue weighted by molar-refractivity contribution is 0.269. The Morgan fingerprint density at radius 2 is 2.05 bits per heavy atom. The van der Waals surface area contributed by atoms with Crippen LogP contribution in [0.5, 0.6) is 0 Å². The molecular weight excluding hydrogens is 266 g/mol. The van der Waals surface area contributed by atoms with Crippen LogP contribution in [0.1, 0.15) is 5.56 Å². The molecule has 0 aliphatic heterocycles. The molecule has 2 aromatic heterocycles. The number of aliphatic hydroxyl groups excluding tert-OH is 1. The van der Waals surface area contributed by atoms with Crippen LogP contribution >= 0.6 is 0 Å². The summed E-state index contributed by atoms with van der Waals surface area (Å²) >= 11 is 0. The Labute approximate surface area is 122 Å². The SMILES string of the molecule is OCCn1cc(NCc2cn[nH]c2-c2ccccc2)cn1. The van der Waals surface area contributed by atoms with Gasteiger partial charge in [-0.1, -0.05) is 30.3 Å². The number of nitrogens with one attached hydrogen (secondary N) is 2. The number of aromatic amines is 1. The molecule has 6 nitrogen and oxygen atoms in total. The highest BCUT2D eigenvalue weighted by molar-refractivity contribution is 5.62. The standard InChI is InChI=1S/C15H17N5O/c21-7-6-20-11-14(10-18-20)16-8-13-9-17-19-15(13)12-4-2-1-3-5-12/h1-5,9-11,16,21H,6-8H2,(H,17,19). The van der Waals surface area contributed by atoms with Crippen molar-refractivity contribution in [1.29, 1.82) is 0 Å². The average Bonchev–Trinajstić information content (AvgIpc) is 3.15. The maximum absolute atomic E-state index is 8.88.